The number of hydrogen-bond donors (Lipinski definition) is 5. The zero-order valence-electron chi connectivity index (χ0n) is 11.2. The number of primary amides is 1. The number of aliphatic hydroxyl groups is 2. The van der Waals surface area contributed by atoms with Crippen molar-refractivity contribution in [3.8, 4) is 0 Å². The number of aromatic nitrogens is 1. The van der Waals surface area contributed by atoms with Crippen LogP contribution in [0.2, 0.25) is 0 Å². The highest BCUT2D eigenvalue weighted by atomic mass is 31.2. The number of amides is 1. The molecule has 122 valence electrons. The van der Waals surface area contributed by atoms with Gasteiger partial charge in [-0.25, -0.2) is 4.57 Å². The van der Waals surface area contributed by atoms with E-state index in [4.69, 9.17) is 20.3 Å². The normalized spacial score (nSPS) is 28.7. The van der Waals surface area contributed by atoms with Crippen molar-refractivity contribution in [3.63, 3.8) is 0 Å². The lowest BCUT2D eigenvalue weighted by atomic mass is 10.1. The van der Waals surface area contributed by atoms with Gasteiger partial charge in [0.25, 0.3) is 12.1 Å². The van der Waals surface area contributed by atoms with Gasteiger partial charge in [-0.3, -0.25) is 9.32 Å². The molecule has 0 aliphatic carbocycles. The quantitative estimate of drug-likeness (QED) is 0.299. The van der Waals surface area contributed by atoms with Crippen LogP contribution in [-0.4, -0.2) is 50.8 Å². The van der Waals surface area contributed by atoms with E-state index in [9.17, 15) is 19.6 Å². The molecule has 0 aromatic carbocycles. The van der Waals surface area contributed by atoms with E-state index in [1.165, 1.54) is 29.1 Å². The molecule has 1 aliphatic rings. The number of aliphatic hydroxyl groups excluding tert-OH is 2. The molecule has 2 rings (SSSR count). The minimum absolute atomic E-state index is 0.169. The van der Waals surface area contributed by atoms with Crippen LogP contribution in [0.25, 0.3) is 0 Å². The second-order valence-corrected chi connectivity index (χ2v) is 5.98. The molecule has 1 fully saturated rings. The molecule has 0 spiro atoms. The van der Waals surface area contributed by atoms with Crippen LogP contribution in [0.5, 0.6) is 0 Å². The monoisotopic (exact) mass is 335 g/mol. The molecular formula is C11H16N2O8P+. The van der Waals surface area contributed by atoms with E-state index < -0.39 is 44.9 Å². The SMILES string of the molecule is NC(=O)c1ccc[n+]([C@H]2O[C@H](COP(=O)(O)O)[C@@H](O)[C@H]2O)c1. The summed E-state index contributed by atoms with van der Waals surface area (Å²) in [6.45, 7) is -0.602. The summed E-state index contributed by atoms with van der Waals surface area (Å²) < 4.78 is 21.6. The third kappa shape index (κ3) is 3.87. The number of carbonyl (C=O) groups is 1. The van der Waals surface area contributed by atoms with Crippen LogP contribution in [-0.2, 0) is 13.8 Å². The van der Waals surface area contributed by atoms with E-state index in [-0.39, 0.29) is 5.56 Å². The number of pyridine rings is 1. The highest BCUT2D eigenvalue weighted by molar-refractivity contribution is 7.46. The molecule has 11 heteroatoms. The molecule has 1 saturated heterocycles. The second-order valence-electron chi connectivity index (χ2n) is 4.74. The van der Waals surface area contributed by atoms with Gasteiger partial charge < -0.3 is 30.5 Å². The predicted octanol–water partition coefficient (Wildman–Crippen LogP) is -2.20. The first-order valence-electron chi connectivity index (χ1n) is 6.21. The molecule has 2 heterocycles. The van der Waals surface area contributed by atoms with Gasteiger partial charge in [-0.2, -0.15) is 4.57 Å². The largest absolute Gasteiger partial charge is 0.469 e. The van der Waals surface area contributed by atoms with E-state index in [2.05, 4.69) is 4.52 Å². The lowest BCUT2D eigenvalue weighted by Gasteiger charge is -2.13. The van der Waals surface area contributed by atoms with Crippen molar-refractivity contribution in [1.82, 2.24) is 0 Å². The van der Waals surface area contributed by atoms with Gasteiger partial charge in [0.05, 0.1) is 6.61 Å². The van der Waals surface area contributed by atoms with Gasteiger partial charge in [-0.05, 0) is 6.07 Å². The first-order chi connectivity index (χ1) is 10.2. The highest BCUT2D eigenvalue weighted by Gasteiger charge is 2.48. The Kier molecular flexibility index (Phi) is 4.93. The molecule has 0 bridgehead atoms. The maximum Gasteiger partial charge on any atom is 0.469 e. The minimum Gasteiger partial charge on any atom is -0.387 e. The van der Waals surface area contributed by atoms with Crippen molar-refractivity contribution in [2.24, 2.45) is 5.73 Å². The van der Waals surface area contributed by atoms with Crippen LogP contribution in [0.4, 0.5) is 0 Å². The van der Waals surface area contributed by atoms with Crippen molar-refractivity contribution in [2.45, 2.75) is 24.5 Å². The summed E-state index contributed by atoms with van der Waals surface area (Å²) in [6, 6.07) is 2.97. The Bertz CT molecular complexity index is 606. The number of carbonyl (C=O) groups excluding carboxylic acids is 1. The molecule has 0 unspecified atom stereocenters. The van der Waals surface area contributed by atoms with E-state index in [0.29, 0.717) is 0 Å². The third-order valence-corrected chi connectivity index (χ3v) is 3.63. The first-order valence-corrected chi connectivity index (χ1v) is 7.74. The molecule has 1 amide bonds. The molecule has 1 aliphatic heterocycles. The average Bonchev–Trinajstić information content (AvgIpc) is 2.72. The molecule has 4 atom stereocenters. The van der Waals surface area contributed by atoms with Crippen LogP contribution in [0.1, 0.15) is 16.6 Å². The first kappa shape index (κ1) is 17.0. The van der Waals surface area contributed by atoms with Gasteiger partial charge in [0.1, 0.15) is 17.8 Å². The minimum atomic E-state index is -4.72. The fourth-order valence-corrected chi connectivity index (χ4v) is 2.42. The Morgan fingerprint density at radius 1 is 1.41 bits per heavy atom. The zero-order valence-corrected chi connectivity index (χ0v) is 12.1. The molecular weight excluding hydrogens is 319 g/mol. The van der Waals surface area contributed by atoms with Crippen LogP contribution in [0, 0.1) is 0 Å². The summed E-state index contributed by atoms with van der Waals surface area (Å²) in [5.74, 6) is -0.677. The number of nitrogens with zero attached hydrogens (tertiary/aromatic N) is 1. The van der Waals surface area contributed by atoms with E-state index in [1.807, 2.05) is 0 Å². The van der Waals surface area contributed by atoms with Crippen LogP contribution >= 0.6 is 7.82 Å². The fraction of sp³-hybridized carbons (Fsp3) is 0.455. The van der Waals surface area contributed by atoms with E-state index in [1.54, 1.807) is 0 Å². The van der Waals surface area contributed by atoms with Gasteiger partial charge >= 0.3 is 7.82 Å². The Balaban J connectivity index is 2.14. The number of hydrogen-bond acceptors (Lipinski definition) is 6. The van der Waals surface area contributed by atoms with Gasteiger partial charge in [0, 0.05) is 6.07 Å². The van der Waals surface area contributed by atoms with Gasteiger partial charge in [0.15, 0.2) is 18.5 Å². The van der Waals surface area contributed by atoms with E-state index >= 15 is 0 Å². The van der Waals surface area contributed by atoms with Crippen molar-refractivity contribution in [3.05, 3.63) is 30.1 Å². The number of rotatable bonds is 5. The summed E-state index contributed by atoms with van der Waals surface area (Å²) in [5, 5.41) is 19.8. The summed E-state index contributed by atoms with van der Waals surface area (Å²) >= 11 is 0. The third-order valence-electron chi connectivity index (χ3n) is 3.14. The Hall–Kier alpha value is -1.39. The van der Waals surface area contributed by atoms with Crippen LogP contribution in [0.3, 0.4) is 0 Å². The number of ether oxygens (including phenoxy) is 1. The Morgan fingerprint density at radius 3 is 2.68 bits per heavy atom. The summed E-state index contributed by atoms with van der Waals surface area (Å²) in [7, 11) is -4.72. The molecule has 0 saturated carbocycles. The molecule has 22 heavy (non-hydrogen) atoms. The van der Waals surface area contributed by atoms with Crippen molar-refractivity contribution in [2.75, 3.05) is 6.61 Å². The maximum absolute atomic E-state index is 11.1. The Labute approximate surface area is 124 Å². The van der Waals surface area contributed by atoms with Crippen LogP contribution in [0.15, 0.2) is 24.5 Å². The van der Waals surface area contributed by atoms with Gasteiger partial charge in [-0.1, -0.05) is 0 Å². The number of phosphoric ester groups is 1. The second kappa shape index (κ2) is 6.39. The van der Waals surface area contributed by atoms with Crippen molar-refractivity contribution < 1.29 is 43.2 Å². The molecule has 0 radical (unpaired) electrons. The molecule has 10 nitrogen and oxygen atoms in total. The average molecular weight is 335 g/mol. The maximum atomic E-state index is 11.1. The van der Waals surface area contributed by atoms with Gasteiger partial charge in [0.2, 0.25) is 0 Å². The van der Waals surface area contributed by atoms with Gasteiger partial charge in [-0.15, -0.1) is 0 Å². The molecule has 6 N–H and O–H groups in total. The number of nitrogens with two attached hydrogens (primary N) is 1. The molecule has 1 aromatic rings. The summed E-state index contributed by atoms with van der Waals surface area (Å²) in [4.78, 5) is 28.4. The number of phosphoric acid groups is 1. The van der Waals surface area contributed by atoms with Crippen molar-refractivity contribution in [1.29, 1.82) is 0 Å². The van der Waals surface area contributed by atoms with E-state index in [0.717, 1.165) is 0 Å². The topological polar surface area (TPSA) is 163 Å². The standard InChI is InChI=1S/C11H15N2O8P/c12-10(16)6-2-1-3-13(4-6)11-9(15)8(14)7(21-11)5-20-22(17,18)19/h1-4,7-9,11,14-15H,5H2,(H3-,12,16,17,18,19)/p+1/t7-,8-,9-,11+/m1/s1. The predicted molar refractivity (Wildman–Crippen MR) is 69.1 cm³/mol. The van der Waals surface area contributed by atoms with Crippen LogP contribution < -0.4 is 10.3 Å². The summed E-state index contributed by atoms with van der Waals surface area (Å²) in [5.41, 5.74) is 5.32. The summed E-state index contributed by atoms with van der Waals surface area (Å²) in [6.07, 6.45) is -2.18. The fourth-order valence-electron chi connectivity index (χ4n) is 2.08. The Morgan fingerprint density at radius 2 is 2.09 bits per heavy atom. The van der Waals surface area contributed by atoms with Crippen molar-refractivity contribution >= 4 is 13.7 Å². The zero-order chi connectivity index (χ0) is 16.5. The smallest absolute Gasteiger partial charge is 0.387 e. The lowest BCUT2D eigenvalue weighted by Crippen LogP contribution is -2.46. The highest BCUT2D eigenvalue weighted by Crippen LogP contribution is 2.37. The lowest BCUT2D eigenvalue weighted by molar-refractivity contribution is -0.765. The molecule has 1 aromatic heterocycles.